The molecule has 106 valence electrons. The van der Waals surface area contributed by atoms with Gasteiger partial charge in [-0.3, -0.25) is 0 Å². The normalized spacial score (nSPS) is 15.6. The van der Waals surface area contributed by atoms with E-state index >= 15 is 0 Å². The second-order valence-electron chi connectivity index (χ2n) is 4.57. The molecule has 0 unspecified atom stereocenters. The number of aldehydes is 1. The summed E-state index contributed by atoms with van der Waals surface area (Å²) in [6, 6.07) is 4.76. The first kappa shape index (κ1) is 15.0. The SMILES string of the molecule is C[C@H](C=O)[C@](O)(Cn1cncn1)c1ccc(Cl)cc1Cl. The van der Waals surface area contributed by atoms with Gasteiger partial charge in [-0.05, 0) is 12.1 Å². The zero-order valence-corrected chi connectivity index (χ0v) is 12.2. The third kappa shape index (κ3) is 2.85. The Bertz CT molecular complexity index is 604. The van der Waals surface area contributed by atoms with Crippen LogP contribution in [0.2, 0.25) is 10.0 Å². The van der Waals surface area contributed by atoms with Crippen LogP contribution >= 0.6 is 23.2 Å². The molecular formula is C13H13Cl2N3O2. The number of aromatic nitrogens is 3. The topological polar surface area (TPSA) is 68.0 Å². The highest BCUT2D eigenvalue weighted by atomic mass is 35.5. The summed E-state index contributed by atoms with van der Waals surface area (Å²) in [4.78, 5) is 15.0. The summed E-state index contributed by atoms with van der Waals surface area (Å²) in [6.07, 6.45) is 3.50. The van der Waals surface area contributed by atoms with Gasteiger partial charge in [-0.2, -0.15) is 5.10 Å². The van der Waals surface area contributed by atoms with E-state index in [2.05, 4.69) is 10.1 Å². The minimum atomic E-state index is -1.49. The maximum Gasteiger partial charge on any atom is 0.137 e. The summed E-state index contributed by atoms with van der Waals surface area (Å²) < 4.78 is 1.45. The number of carbonyl (C=O) groups excluding carboxylic acids is 1. The Balaban J connectivity index is 2.48. The molecule has 5 nitrogen and oxygen atoms in total. The van der Waals surface area contributed by atoms with Crippen LogP contribution in [0.5, 0.6) is 0 Å². The molecule has 0 bridgehead atoms. The predicted octanol–water partition coefficient (Wildman–Crippen LogP) is 2.31. The molecule has 1 aromatic carbocycles. The third-order valence-corrected chi connectivity index (χ3v) is 3.77. The van der Waals surface area contributed by atoms with Crippen LogP contribution in [0.15, 0.2) is 30.9 Å². The Morgan fingerprint density at radius 3 is 2.80 bits per heavy atom. The maximum absolute atomic E-state index is 11.2. The summed E-state index contributed by atoms with van der Waals surface area (Å²) in [5.41, 5.74) is -1.06. The van der Waals surface area contributed by atoms with Crippen LogP contribution in [0.3, 0.4) is 0 Å². The van der Waals surface area contributed by atoms with E-state index in [4.69, 9.17) is 23.2 Å². The number of halogens is 2. The molecule has 1 N–H and O–H groups in total. The van der Waals surface area contributed by atoms with Gasteiger partial charge in [0.1, 0.15) is 24.5 Å². The van der Waals surface area contributed by atoms with Gasteiger partial charge in [0.25, 0.3) is 0 Å². The summed E-state index contributed by atoms with van der Waals surface area (Å²) in [5.74, 6) is -0.676. The van der Waals surface area contributed by atoms with E-state index in [0.717, 1.165) is 0 Å². The molecule has 2 rings (SSSR count). The Kier molecular flexibility index (Phi) is 4.42. The van der Waals surface area contributed by atoms with Gasteiger partial charge in [0, 0.05) is 21.5 Å². The van der Waals surface area contributed by atoms with Crippen molar-refractivity contribution in [2.45, 2.75) is 19.1 Å². The van der Waals surface area contributed by atoms with E-state index in [9.17, 15) is 9.90 Å². The van der Waals surface area contributed by atoms with Gasteiger partial charge in [-0.15, -0.1) is 0 Å². The molecule has 0 aliphatic rings. The zero-order valence-electron chi connectivity index (χ0n) is 10.7. The van der Waals surface area contributed by atoms with Crippen molar-refractivity contribution in [3.8, 4) is 0 Å². The van der Waals surface area contributed by atoms with Crippen molar-refractivity contribution in [1.82, 2.24) is 14.8 Å². The van der Waals surface area contributed by atoms with Gasteiger partial charge in [0.15, 0.2) is 0 Å². The van der Waals surface area contributed by atoms with Crippen LogP contribution in [-0.4, -0.2) is 26.2 Å². The minimum Gasteiger partial charge on any atom is -0.382 e. The highest BCUT2D eigenvalue weighted by Crippen LogP contribution is 2.36. The smallest absolute Gasteiger partial charge is 0.137 e. The van der Waals surface area contributed by atoms with E-state index < -0.39 is 11.5 Å². The molecule has 0 saturated carbocycles. The highest BCUT2D eigenvalue weighted by molar-refractivity contribution is 6.35. The minimum absolute atomic E-state index is 0.0637. The first-order chi connectivity index (χ1) is 9.47. The Hall–Kier alpha value is -1.43. The molecule has 2 atom stereocenters. The molecule has 0 saturated heterocycles. The van der Waals surface area contributed by atoms with Crippen molar-refractivity contribution < 1.29 is 9.90 Å². The van der Waals surface area contributed by atoms with Crippen molar-refractivity contribution >= 4 is 29.5 Å². The second-order valence-corrected chi connectivity index (χ2v) is 5.41. The predicted molar refractivity (Wildman–Crippen MR) is 75.6 cm³/mol. The fourth-order valence-corrected chi connectivity index (χ4v) is 2.56. The van der Waals surface area contributed by atoms with Crippen LogP contribution in [0.25, 0.3) is 0 Å². The standard InChI is InChI=1S/C13H13Cl2N3O2/c1-9(5-19)13(20,6-18-8-16-7-17-18)11-3-2-10(14)4-12(11)15/h2-5,7-9,20H,6H2,1H3/t9-,13-/m1/s1. The Morgan fingerprint density at radius 1 is 1.50 bits per heavy atom. The fourth-order valence-electron chi connectivity index (χ4n) is 1.99. The number of hydrogen-bond acceptors (Lipinski definition) is 4. The van der Waals surface area contributed by atoms with Crippen molar-refractivity contribution in [3.63, 3.8) is 0 Å². The van der Waals surface area contributed by atoms with Crippen LogP contribution in [0.1, 0.15) is 12.5 Å². The molecule has 7 heteroatoms. The summed E-state index contributed by atoms with van der Waals surface area (Å²) >= 11 is 12.0. The average Bonchev–Trinajstić information content (AvgIpc) is 2.90. The average molecular weight is 314 g/mol. The summed E-state index contributed by atoms with van der Waals surface area (Å²) in [6.45, 7) is 1.68. The molecule has 0 radical (unpaired) electrons. The Labute approximate surface area is 126 Å². The molecule has 1 heterocycles. The number of rotatable bonds is 5. The van der Waals surface area contributed by atoms with E-state index in [1.54, 1.807) is 19.1 Å². The van der Waals surface area contributed by atoms with Gasteiger partial charge >= 0.3 is 0 Å². The number of carbonyl (C=O) groups is 1. The molecule has 0 amide bonds. The van der Waals surface area contributed by atoms with Crippen molar-refractivity contribution in [3.05, 3.63) is 46.5 Å². The fraction of sp³-hybridized carbons (Fsp3) is 0.308. The van der Waals surface area contributed by atoms with Crippen molar-refractivity contribution in [2.24, 2.45) is 5.92 Å². The Morgan fingerprint density at radius 2 is 2.25 bits per heavy atom. The molecule has 1 aromatic heterocycles. The van der Waals surface area contributed by atoms with Crippen LogP contribution in [0.4, 0.5) is 0 Å². The molecule has 0 fully saturated rings. The lowest BCUT2D eigenvalue weighted by Crippen LogP contribution is -2.39. The molecular weight excluding hydrogens is 301 g/mol. The molecule has 2 aromatic rings. The first-order valence-corrected chi connectivity index (χ1v) is 6.68. The zero-order chi connectivity index (χ0) is 14.8. The summed E-state index contributed by atoms with van der Waals surface area (Å²) in [5, 5.41) is 15.7. The van der Waals surface area contributed by atoms with Crippen LogP contribution in [0, 0.1) is 5.92 Å². The lowest BCUT2D eigenvalue weighted by molar-refractivity contribution is -0.121. The second kappa shape index (κ2) is 5.91. The van der Waals surface area contributed by atoms with Crippen molar-refractivity contribution in [1.29, 1.82) is 0 Å². The largest absolute Gasteiger partial charge is 0.382 e. The first-order valence-electron chi connectivity index (χ1n) is 5.93. The number of nitrogens with zero attached hydrogens (tertiary/aromatic N) is 3. The highest BCUT2D eigenvalue weighted by Gasteiger charge is 2.38. The quantitative estimate of drug-likeness (QED) is 0.860. The van der Waals surface area contributed by atoms with Crippen LogP contribution < -0.4 is 0 Å². The van der Waals surface area contributed by atoms with Gasteiger partial charge in [-0.1, -0.05) is 36.2 Å². The van der Waals surface area contributed by atoms with E-state index in [-0.39, 0.29) is 6.54 Å². The van der Waals surface area contributed by atoms with Crippen LogP contribution in [-0.2, 0) is 16.9 Å². The number of aliphatic hydroxyl groups is 1. The monoisotopic (exact) mass is 313 g/mol. The van der Waals surface area contributed by atoms with E-state index in [0.29, 0.717) is 21.9 Å². The summed E-state index contributed by atoms with van der Waals surface area (Å²) in [7, 11) is 0. The van der Waals surface area contributed by atoms with E-state index in [1.807, 2.05) is 0 Å². The number of hydrogen-bond donors (Lipinski definition) is 1. The molecule has 20 heavy (non-hydrogen) atoms. The van der Waals surface area contributed by atoms with Gasteiger partial charge < -0.3 is 9.90 Å². The third-order valence-electron chi connectivity index (χ3n) is 3.22. The van der Waals surface area contributed by atoms with Crippen molar-refractivity contribution in [2.75, 3.05) is 0 Å². The maximum atomic E-state index is 11.2. The molecule has 0 aliphatic carbocycles. The lowest BCUT2D eigenvalue weighted by atomic mass is 9.83. The molecule has 0 aliphatic heterocycles. The van der Waals surface area contributed by atoms with Gasteiger partial charge in [-0.25, -0.2) is 9.67 Å². The van der Waals surface area contributed by atoms with Gasteiger partial charge in [0.05, 0.1) is 6.54 Å². The number of benzene rings is 1. The van der Waals surface area contributed by atoms with E-state index in [1.165, 1.54) is 23.4 Å². The van der Waals surface area contributed by atoms with Gasteiger partial charge in [0.2, 0.25) is 0 Å². The molecule has 0 spiro atoms. The lowest BCUT2D eigenvalue weighted by Gasteiger charge is -2.32.